The number of rotatable bonds is 6. The molecule has 1 aromatic rings. The van der Waals surface area contributed by atoms with E-state index in [2.05, 4.69) is 10.0 Å². The van der Waals surface area contributed by atoms with Crippen LogP contribution in [0.5, 0.6) is 0 Å². The van der Waals surface area contributed by atoms with Crippen molar-refractivity contribution >= 4 is 15.9 Å². The highest BCUT2D eigenvalue weighted by molar-refractivity contribution is 7.88. The van der Waals surface area contributed by atoms with Crippen molar-refractivity contribution in [3.05, 3.63) is 34.9 Å². The van der Waals surface area contributed by atoms with Gasteiger partial charge in [-0.2, -0.15) is 0 Å². The Morgan fingerprint density at radius 1 is 1.11 bits per heavy atom. The zero-order valence-electron chi connectivity index (χ0n) is 11.5. The van der Waals surface area contributed by atoms with E-state index in [4.69, 9.17) is 0 Å². The molecule has 0 fully saturated rings. The van der Waals surface area contributed by atoms with Gasteiger partial charge in [-0.15, -0.1) is 0 Å². The first-order valence-corrected chi connectivity index (χ1v) is 7.98. The normalized spacial score (nSPS) is 11.3. The molecule has 0 bridgehead atoms. The van der Waals surface area contributed by atoms with E-state index in [1.54, 1.807) is 0 Å². The number of carbonyl (C=O) groups excluding carboxylic acids is 1. The summed E-state index contributed by atoms with van der Waals surface area (Å²) in [6, 6.07) is 5.67. The number of hydrogen-bond donors (Lipinski definition) is 2. The monoisotopic (exact) mass is 284 g/mol. The summed E-state index contributed by atoms with van der Waals surface area (Å²) in [5.41, 5.74) is 2.72. The van der Waals surface area contributed by atoms with Crippen LogP contribution in [0.15, 0.2) is 18.2 Å². The Morgan fingerprint density at radius 3 is 2.21 bits per heavy atom. The Labute approximate surface area is 114 Å². The van der Waals surface area contributed by atoms with Gasteiger partial charge in [-0.3, -0.25) is 4.79 Å². The number of aryl methyl sites for hydroxylation is 2. The fourth-order valence-corrected chi connectivity index (χ4v) is 2.27. The smallest absolute Gasteiger partial charge is 0.251 e. The maximum absolute atomic E-state index is 11.9. The van der Waals surface area contributed by atoms with E-state index in [1.807, 2.05) is 32.0 Å². The van der Waals surface area contributed by atoms with Crippen LogP contribution in [0, 0.1) is 13.8 Å². The first-order valence-electron chi connectivity index (χ1n) is 6.09. The van der Waals surface area contributed by atoms with Crippen LogP contribution in [0.1, 0.15) is 27.9 Å². The van der Waals surface area contributed by atoms with Crippen molar-refractivity contribution in [1.82, 2.24) is 10.0 Å². The van der Waals surface area contributed by atoms with Crippen molar-refractivity contribution in [1.29, 1.82) is 0 Å². The van der Waals surface area contributed by atoms with Crippen LogP contribution < -0.4 is 10.0 Å². The number of carbonyl (C=O) groups is 1. The zero-order chi connectivity index (χ0) is 14.5. The van der Waals surface area contributed by atoms with Gasteiger partial charge < -0.3 is 5.32 Å². The number of hydrogen-bond acceptors (Lipinski definition) is 3. The Morgan fingerprint density at radius 2 is 1.68 bits per heavy atom. The van der Waals surface area contributed by atoms with E-state index >= 15 is 0 Å². The van der Waals surface area contributed by atoms with Gasteiger partial charge in [-0.1, -0.05) is 17.2 Å². The first-order chi connectivity index (χ1) is 8.78. The molecule has 0 saturated carbocycles. The molecule has 0 aliphatic carbocycles. The van der Waals surface area contributed by atoms with Gasteiger partial charge in [0.25, 0.3) is 5.91 Å². The second-order valence-corrected chi connectivity index (χ2v) is 6.49. The summed E-state index contributed by atoms with van der Waals surface area (Å²) in [6.45, 7) is 4.65. The lowest BCUT2D eigenvalue weighted by Gasteiger charge is -2.07. The van der Waals surface area contributed by atoms with E-state index in [0.29, 0.717) is 25.1 Å². The lowest BCUT2D eigenvalue weighted by Crippen LogP contribution is -2.29. The molecule has 106 valence electrons. The summed E-state index contributed by atoms with van der Waals surface area (Å²) in [5.74, 6) is -0.133. The second kappa shape index (κ2) is 6.68. The van der Waals surface area contributed by atoms with E-state index < -0.39 is 10.0 Å². The van der Waals surface area contributed by atoms with Gasteiger partial charge in [0.1, 0.15) is 0 Å². The van der Waals surface area contributed by atoms with Crippen molar-refractivity contribution in [2.24, 2.45) is 0 Å². The average molecular weight is 284 g/mol. The molecule has 0 aromatic heterocycles. The minimum Gasteiger partial charge on any atom is -0.352 e. The van der Waals surface area contributed by atoms with Crippen LogP contribution in [0.25, 0.3) is 0 Å². The van der Waals surface area contributed by atoms with Crippen molar-refractivity contribution in [2.45, 2.75) is 20.3 Å². The summed E-state index contributed by atoms with van der Waals surface area (Å²) in [5, 5.41) is 2.77. The zero-order valence-corrected chi connectivity index (χ0v) is 12.3. The third kappa shape index (κ3) is 6.35. The summed E-state index contributed by atoms with van der Waals surface area (Å²) < 4.78 is 24.0. The van der Waals surface area contributed by atoms with Crippen molar-refractivity contribution in [2.75, 3.05) is 19.3 Å². The van der Waals surface area contributed by atoms with Crippen LogP contribution >= 0.6 is 0 Å². The van der Waals surface area contributed by atoms with Gasteiger partial charge in [0.2, 0.25) is 10.0 Å². The molecule has 1 aromatic carbocycles. The van der Waals surface area contributed by atoms with E-state index in [-0.39, 0.29) is 5.91 Å². The van der Waals surface area contributed by atoms with Gasteiger partial charge in [-0.05, 0) is 32.4 Å². The molecule has 0 spiro atoms. The van der Waals surface area contributed by atoms with Crippen LogP contribution in [-0.4, -0.2) is 33.7 Å². The fourth-order valence-electron chi connectivity index (χ4n) is 1.76. The number of sulfonamides is 1. The minimum atomic E-state index is -3.15. The maximum Gasteiger partial charge on any atom is 0.251 e. The highest BCUT2D eigenvalue weighted by atomic mass is 32.2. The molecule has 0 aliphatic rings. The van der Waals surface area contributed by atoms with Crippen LogP contribution in [0.4, 0.5) is 0 Å². The quantitative estimate of drug-likeness (QED) is 0.764. The minimum absolute atomic E-state index is 0.133. The van der Waals surface area contributed by atoms with Crippen LogP contribution in [0.3, 0.4) is 0 Å². The molecule has 1 amide bonds. The van der Waals surface area contributed by atoms with E-state index in [1.165, 1.54) is 0 Å². The molecular formula is C13H20N2O3S. The Hall–Kier alpha value is -1.40. The standard InChI is InChI=1S/C13H20N2O3S/c1-10-7-11(2)9-12(8-10)13(16)14-5-4-6-15-19(3,17)18/h7-9,15H,4-6H2,1-3H3,(H,14,16). The number of benzene rings is 1. The molecule has 1 rings (SSSR count). The molecular weight excluding hydrogens is 264 g/mol. The Kier molecular flexibility index (Phi) is 5.50. The van der Waals surface area contributed by atoms with E-state index in [0.717, 1.165) is 17.4 Å². The van der Waals surface area contributed by atoms with Crippen molar-refractivity contribution in [3.63, 3.8) is 0 Å². The summed E-state index contributed by atoms with van der Waals surface area (Å²) in [7, 11) is -3.15. The second-order valence-electron chi connectivity index (χ2n) is 4.65. The maximum atomic E-state index is 11.9. The third-order valence-corrected chi connectivity index (χ3v) is 3.22. The summed E-state index contributed by atoms with van der Waals surface area (Å²) in [4.78, 5) is 11.9. The van der Waals surface area contributed by atoms with Crippen LogP contribution in [0.2, 0.25) is 0 Å². The van der Waals surface area contributed by atoms with Gasteiger partial charge in [-0.25, -0.2) is 13.1 Å². The molecule has 0 aliphatic heterocycles. The molecule has 2 N–H and O–H groups in total. The molecule has 0 radical (unpaired) electrons. The predicted molar refractivity (Wildman–Crippen MR) is 75.7 cm³/mol. The molecule has 0 atom stereocenters. The Balaban J connectivity index is 2.39. The lowest BCUT2D eigenvalue weighted by molar-refractivity contribution is 0.0953. The molecule has 0 saturated heterocycles. The largest absolute Gasteiger partial charge is 0.352 e. The summed E-state index contributed by atoms with van der Waals surface area (Å²) >= 11 is 0. The number of amides is 1. The first kappa shape index (κ1) is 15.7. The van der Waals surface area contributed by atoms with Crippen LogP contribution in [-0.2, 0) is 10.0 Å². The SMILES string of the molecule is Cc1cc(C)cc(C(=O)NCCCNS(C)(=O)=O)c1. The number of nitrogens with one attached hydrogen (secondary N) is 2. The third-order valence-electron chi connectivity index (χ3n) is 2.49. The van der Waals surface area contributed by atoms with E-state index in [9.17, 15) is 13.2 Å². The average Bonchev–Trinajstić information content (AvgIpc) is 2.25. The van der Waals surface area contributed by atoms with Gasteiger partial charge in [0.15, 0.2) is 0 Å². The highest BCUT2D eigenvalue weighted by Crippen LogP contribution is 2.08. The highest BCUT2D eigenvalue weighted by Gasteiger charge is 2.06. The fraction of sp³-hybridized carbons (Fsp3) is 0.462. The molecule has 0 heterocycles. The van der Waals surface area contributed by atoms with Gasteiger partial charge >= 0.3 is 0 Å². The topological polar surface area (TPSA) is 75.3 Å². The van der Waals surface area contributed by atoms with Crippen molar-refractivity contribution in [3.8, 4) is 0 Å². The van der Waals surface area contributed by atoms with Gasteiger partial charge in [0, 0.05) is 18.7 Å². The molecule has 5 nitrogen and oxygen atoms in total. The van der Waals surface area contributed by atoms with Crippen molar-refractivity contribution < 1.29 is 13.2 Å². The Bertz CT molecular complexity index is 533. The lowest BCUT2D eigenvalue weighted by atomic mass is 10.1. The predicted octanol–water partition coefficient (Wildman–Crippen LogP) is 0.973. The molecule has 0 unspecified atom stereocenters. The van der Waals surface area contributed by atoms with Gasteiger partial charge in [0.05, 0.1) is 6.26 Å². The molecule has 6 heteroatoms. The molecule has 19 heavy (non-hydrogen) atoms. The summed E-state index contributed by atoms with van der Waals surface area (Å²) in [6.07, 6.45) is 1.67.